The zero-order valence-electron chi connectivity index (χ0n) is 7.72. The molecule has 92 valence electrons. The Morgan fingerprint density at radius 3 is 1.06 bits per heavy atom. The first-order valence-electron chi connectivity index (χ1n) is 3.91. The lowest BCUT2D eigenvalue weighted by Crippen LogP contribution is -2.49. The number of rotatable bonds is 6. The molecule has 0 saturated carbocycles. The molecule has 0 amide bonds. The van der Waals surface area contributed by atoms with E-state index in [-0.39, 0.29) is 0 Å². The van der Waals surface area contributed by atoms with Gasteiger partial charge in [0.1, 0.15) is 0 Å². The number of carbonyl (C=O) groups excluding carboxylic acids is 1. The van der Waals surface area contributed by atoms with Crippen molar-refractivity contribution in [2.75, 3.05) is 0 Å². The highest BCUT2D eigenvalue weighted by Gasteiger charge is 2.39. The average molecular weight is 238 g/mol. The quantitative estimate of drug-likeness (QED) is 0.271. The van der Waals surface area contributed by atoms with Crippen LogP contribution in [0.2, 0.25) is 0 Å². The van der Waals surface area contributed by atoms with E-state index in [1.807, 2.05) is 0 Å². The smallest absolute Gasteiger partial charge is 0.335 e. The first kappa shape index (κ1) is 14.5. The van der Waals surface area contributed by atoms with Crippen LogP contribution in [0, 0.1) is 0 Å². The number of aliphatic hydroxyl groups excluding tert-OH is 4. The van der Waals surface area contributed by atoms with Crippen molar-refractivity contribution in [1.82, 2.24) is 0 Å². The van der Waals surface area contributed by atoms with Gasteiger partial charge in [-0.2, -0.15) is 0 Å². The number of carboxylic acid groups (broad SMARTS) is 2. The predicted molar refractivity (Wildman–Crippen MR) is 44.3 cm³/mol. The average Bonchev–Trinajstić information content (AvgIpc) is 2.23. The van der Waals surface area contributed by atoms with Gasteiger partial charge in [0.05, 0.1) is 0 Å². The second kappa shape index (κ2) is 5.51. The third kappa shape index (κ3) is 3.24. The molecule has 0 aromatic heterocycles. The molecule has 9 heteroatoms. The predicted octanol–water partition coefficient (Wildman–Crippen LogP) is -3.83. The molecule has 16 heavy (non-hydrogen) atoms. The molecule has 1 unspecified atom stereocenters. The summed E-state index contributed by atoms with van der Waals surface area (Å²) in [5, 5.41) is 51.7. The van der Waals surface area contributed by atoms with E-state index in [1.54, 1.807) is 0 Å². The maximum absolute atomic E-state index is 11.0. The fourth-order valence-electron chi connectivity index (χ4n) is 0.756. The number of aliphatic carboxylic acids is 2. The van der Waals surface area contributed by atoms with E-state index in [1.165, 1.54) is 0 Å². The van der Waals surface area contributed by atoms with Crippen molar-refractivity contribution in [2.24, 2.45) is 0 Å². The van der Waals surface area contributed by atoms with Crippen LogP contribution >= 0.6 is 0 Å². The molecule has 0 aromatic rings. The van der Waals surface area contributed by atoms with Crippen LogP contribution in [0.15, 0.2) is 0 Å². The summed E-state index contributed by atoms with van der Waals surface area (Å²) in [6.07, 6.45) is -10.1. The fourth-order valence-corrected chi connectivity index (χ4v) is 0.756. The maximum atomic E-state index is 11.0. The minimum atomic E-state index is -2.53. The number of carboxylic acids is 2. The second-order valence-electron chi connectivity index (χ2n) is 2.86. The van der Waals surface area contributed by atoms with Gasteiger partial charge in [-0.25, -0.2) is 9.59 Å². The molecule has 0 radical (unpaired) electrons. The van der Waals surface area contributed by atoms with E-state index < -0.39 is 42.1 Å². The van der Waals surface area contributed by atoms with Gasteiger partial charge in [0.2, 0.25) is 0 Å². The van der Waals surface area contributed by atoms with Crippen LogP contribution in [-0.4, -0.2) is 72.8 Å². The molecule has 0 aliphatic rings. The van der Waals surface area contributed by atoms with Crippen molar-refractivity contribution in [3.8, 4) is 0 Å². The Hall–Kier alpha value is -1.55. The summed E-state index contributed by atoms with van der Waals surface area (Å²) in [7, 11) is 0. The van der Waals surface area contributed by atoms with Crippen LogP contribution in [0.1, 0.15) is 0 Å². The molecule has 0 fully saturated rings. The molecular weight excluding hydrogens is 228 g/mol. The lowest BCUT2D eigenvalue weighted by atomic mass is 10.0. The molecule has 6 N–H and O–H groups in total. The molecule has 0 aliphatic heterocycles. The molecule has 0 aromatic carbocycles. The van der Waals surface area contributed by atoms with E-state index >= 15 is 0 Å². The molecule has 0 bridgehead atoms. The van der Waals surface area contributed by atoms with Crippen LogP contribution in [0.5, 0.6) is 0 Å². The molecular formula is C7H10O9. The topological polar surface area (TPSA) is 173 Å². The number of aliphatic hydroxyl groups is 4. The molecule has 0 heterocycles. The Labute approximate surface area is 88.2 Å². The Kier molecular flexibility index (Phi) is 4.98. The van der Waals surface area contributed by atoms with E-state index in [9.17, 15) is 14.4 Å². The van der Waals surface area contributed by atoms with Crippen molar-refractivity contribution in [1.29, 1.82) is 0 Å². The molecule has 0 spiro atoms. The standard InChI is InChI=1S/C7H10O9/c8-1(2(9)4(11)6(13)14)3(10)5(12)7(15)16/h2-5,9-12H,(H,13,14)(H,15,16)/t2-,3+,4-,5?/m0/s1. The van der Waals surface area contributed by atoms with Gasteiger partial charge in [-0.05, 0) is 0 Å². The third-order valence-electron chi connectivity index (χ3n) is 1.69. The Balaban J connectivity index is 4.67. The van der Waals surface area contributed by atoms with Crippen LogP contribution in [-0.2, 0) is 14.4 Å². The van der Waals surface area contributed by atoms with Gasteiger partial charge < -0.3 is 30.6 Å². The summed E-state index contributed by atoms with van der Waals surface area (Å²) in [5.74, 6) is -5.57. The summed E-state index contributed by atoms with van der Waals surface area (Å²) in [6.45, 7) is 0. The summed E-state index contributed by atoms with van der Waals surface area (Å²) >= 11 is 0. The Morgan fingerprint density at radius 2 is 0.875 bits per heavy atom. The van der Waals surface area contributed by atoms with E-state index in [4.69, 9.17) is 30.6 Å². The van der Waals surface area contributed by atoms with Gasteiger partial charge in [0.15, 0.2) is 30.2 Å². The molecule has 9 nitrogen and oxygen atoms in total. The maximum Gasteiger partial charge on any atom is 0.335 e. The number of Topliss-reactive ketones (excluding diaryl/α,β-unsaturated/α-hetero) is 1. The molecule has 0 aliphatic carbocycles. The first-order valence-corrected chi connectivity index (χ1v) is 3.91. The summed E-state index contributed by atoms with van der Waals surface area (Å²) in [5.41, 5.74) is 0. The van der Waals surface area contributed by atoms with Crippen LogP contribution < -0.4 is 0 Å². The fraction of sp³-hybridized carbons (Fsp3) is 0.571. The van der Waals surface area contributed by atoms with Gasteiger partial charge in [0, 0.05) is 0 Å². The minimum Gasteiger partial charge on any atom is -0.479 e. The third-order valence-corrected chi connectivity index (χ3v) is 1.69. The van der Waals surface area contributed by atoms with Gasteiger partial charge in [-0.15, -0.1) is 0 Å². The van der Waals surface area contributed by atoms with Gasteiger partial charge in [-0.3, -0.25) is 4.79 Å². The van der Waals surface area contributed by atoms with Gasteiger partial charge in [0.25, 0.3) is 0 Å². The van der Waals surface area contributed by atoms with Crippen molar-refractivity contribution >= 4 is 17.7 Å². The lowest BCUT2D eigenvalue weighted by molar-refractivity contribution is -0.167. The monoisotopic (exact) mass is 238 g/mol. The zero-order chi connectivity index (χ0) is 13.0. The van der Waals surface area contributed by atoms with Crippen LogP contribution in [0.25, 0.3) is 0 Å². The highest BCUT2D eigenvalue weighted by Crippen LogP contribution is 2.04. The molecule has 0 rings (SSSR count). The number of hydrogen-bond donors (Lipinski definition) is 6. The molecule has 0 saturated heterocycles. The summed E-state index contributed by atoms with van der Waals surface area (Å²) in [6, 6.07) is 0. The van der Waals surface area contributed by atoms with Crippen molar-refractivity contribution in [2.45, 2.75) is 24.4 Å². The lowest BCUT2D eigenvalue weighted by Gasteiger charge is -2.18. The first-order chi connectivity index (χ1) is 7.20. The number of hydrogen-bond acceptors (Lipinski definition) is 7. The van der Waals surface area contributed by atoms with Crippen molar-refractivity contribution < 1.29 is 45.0 Å². The summed E-state index contributed by atoms with van der Waals surface area (Å²) in [4.78, 5) is 31.3. The van der Waals surface area contributed by atoms with Crippen LogP contribution in [0.4, 0.5) is 0 Å². The van der Waals surface area contributed by atoms with Gasteiger partial charge in [-0.1, -0.05) is 0 Å². The normalized spacial score (nSPS) is 18.2. The van der Waals surface area contributed by atoms with E-state index in [0.29, 0.717) is 0 Å². The van der Waals surface area contributed by atoms with Crippen LogP contribution in [0.3, 0.4) is 0 Å². The SMILES string of the molecule is O=C(O)C(O)[C@H](O)C(=O)[C@H](O)[C@H](O)C(=O)O. The van der Waals surface area contributed by atoms with E-state index in [0.717, 1.165) is 0 Å². The van der Waals surface area contributed by atoms with Gasteiger partial charge >= 0.3 is 11.9 Å². The highest BCUT2D eigenvalue weighted by atomic mass is 16.4. The zero-order valence-corrected chi connectivity index (χ0v) is 7.72. The van der Waals surface area contributed by atoms with E-state index in [2.05, 4.69) is 0 Å². The Bertz CT molecular complexity index is 270. The minimum absolute atomic E-state index is 1.70. The largest absolute Gasteiger partial charge is 0.479 e. The second-order valence-corrected chi connectivity index (χ2v) is 2.86. The summed E-state index contributed by atoms with van der Waals surface area (Å²) < 4.78 is 0. The highest BCUT2D eigenvalue weighted by molar-refractivity contribution is 5.95. The van der Waals surface area contributed by atoms with Crippen molar-refractivity contribution in [3.63, 3.8) is 0 Å². The Morgan fingerprint density at radius 1 is 0.625 bits per heavy atom. The molecule has 4 atom stereocenters. The van der Waals surface area contributed by atoms with Crippen molar-refractivity contribution in [3.05, 3.63) is 0 Å². The number of carbonyl (C=O) groups is 3. The number of ketones is 1.